The van der Waals surface area contributed by atoms with Gasteiger partial charge in [0.1, 0.15) is 11.8 Å². The number of hydrogen-bond acceptors (Lipinski definition) is 6. The normalized spacial score (nSPS) is 14.5. The van der Waals surface area contributed by atoms with E-state index in [0.29, 0.717) is 29.4 Å². The number of ether oxygens (including phenoxy) is 1. The van der Waals surface area contributed by atoms with Crippen LogP contribution in [0.15, 0.2) is 72.8 Å². The van der Waals surface area contributed by atoms with Crippen LogP contribution in [0.1, 0.15) is 23.7 Å². The molecule has 0 unspecified atom stereocenters. The lowest BCUT2D eigenvalue weighted by Crippen LogP contribution is -2.52. The number of hydrogen-bond donors (Lipinski definition) is 2. The Kier molecular flexibility index (Phi) is 6.72. The molecule has 178 valence electrons. The molecule has 1 aliphatic rings. The van der Waals surface area contributed by atoms with Crippen LogP contribution in [-0.2, 0) is 9.59 Å². The summed E-state index contributed by atoms with van der Waals surface area (Å²) in [5.74, 6) is -1.21. The van der Waals surface area contributed by atoms with Crippen molar-refractivity contribution in [2.24, 2.45) is 0 Å². The van der Waals surface area contributed by atoms with Gasteiger partial charge in [-0.15, -0.1) is 0 Å². The first-order valence-electron chi connectivity index (χ1n) is 10.9. The first-order chi connectivity index (χ1) is 16.9. The van der Waals surface area contributed by atoms with Crippen LogP contribution in [0.4, 0.5) is 22.7 Å². The summed E-state index contributed by atoms with van der Waals surface area (Å²) in [5.41, 5.74) is 0.988. The fourth-order valence-electron chi connectivity index (χ4n) is 3.85. The number of benzene rings is 3. The van der Waals surface area contributed by atoms with Gasteiger partial charge in [-0.3, -0.25) is 29.4 Å². The van der Waals surface area contributed by atoms with Crippen LogP contribution in [0.25, 0.3) is 0 Å². The third-order valence-corrected chi connectivity index (χ3v) is 5.40. The number of non-ortho nitro benzene ring substituents is 1. The molecule has 35 heavy (non-hydrogen) atoms. The van der Waals surface area contributed by atoms with Gasteiger partial charge < -0.3 is 15.4 Å². The number of carbonyl (C=O) groups is 3. The molecule has 0 aromatic heterocycles. The van der Waals surface area contributed by atoms with Crippen molar-refractivity contribution in [3.05, 3.63) is 88.5 Å². The molecular weight excluding hydrogens is 452 g/mol. The van der Waals surface area contributed by atoms with Gasteiger partial charge in [-0.25, -0.2) is 0 Å². The summed E-state index contributed by atoms with van der Waals surface area (Å²) in [7, 11) is 0. The highest BCUT2D eigenvalue weighted by Crippen LogP contribution is 2.35. The second-order valence-corrected chi connectivity index (χ2v) is 7.69. The van der Waals surface area contributed by atoms with E-state index >= 15 is 0 Å². The van der Waals surface area contributed by atoms with Crippen LogP contribution >= 0.6 is 0 Å². The molecule has 1 atom stereocenters. The van der Waals surface area contributed by atoms with Gasteiger partial charge >= 0.3 is 0 Å². The molecular formula is C25H22N4O6. The third-order valence-electron chi connectivity index (χ3n) is 5.40. The van der Waals surface area contributed by atoms with Gasteiger partial charge in [0, 0.05) is 17.7 Å². The van der Waals surface area contributed by atoms with Crippen molar-refractivity contribution in [2.45, 2.75) is 19.4 Å². The molecule has 0 saturated heterocycles. The molecule has 10 heteroatoms. The van der Waals surface area contributed by atoms with E-state index in [2.05, 4.69) is 10.6 Å². The molecule has 1 aliphatic heterocycles. The van der Waals surface area contributed by atoms with E-state index in [4.69, 9.17) is 4.74 Å². The zero-order chi connectivity index (χ0) is 24.9. The van der Waals surface area contributed by atoms with E-state index in [1.807, 2.05) is 6.92 Å². The molecule has 3 amide bonds. The van der Waals surface area contributed by atoms with Gasteiger partial charge in [0.15, 0.2) is 0 Å². The van der Waals surface area contributed by atoms with Crippen molar-refractivity contribution < 1.29 is 24.0 Å². The Bertz CT molecular complexity index is 1310. The minimum Gasteiger partial charge on any atom is -0.492 e. The van der Waals surface area contributed by atoms with Crippen LogP contribution in [0, 0.1) is 10.1 Å². The Labute approximate surface area is 200 Å². The van der Waals surface area contributed by atoms with Gasteiger partial charge in [-0.2, -0.15) is 0 Å². The maximum absolute atomic E-state index is 13.5. The molecule has 0 saturated carbocycles. The topological polar surface area (TPSA) is 131 Å². The van der Waals surface area contributed by atoms with E-state index in [0.717, 1.165) is 6.07 Å². The summed E-state index contributed by atoms with van der Waals surface area (Å²) >= 11 is 0. The number of fused-ring (bicyclic) bond motifs is 1. The van der Waals surface area contributed by atoms with Crippen molar-refractivity contribution >= 4 is 40.5 Å². The number of nitro benzene ring substituents is 1. The fourth-order valence-corrected chi connectivity index (χ4v) is 3.85. The Morgan fingerprint density at radius 1 is 1.09 bits per heavy atom. The van der Waals surface area contributed by atoms with Gasteiger partial charge in [0.25, 0.3) is 11.6 Å². The van der Waals surface area contributed by atoms with Gasteiger partial charge in [0.2, 0.25) is 11.8 Å². The number of rotatable bonds is 7. The van der Waals surface area contributed by atoms with Gasteiger partial charge in [0.05, 0.1) is 35.0 Å². The van der Waals surface area contributed by atoms with Crippen molar-refractivity contribution in [3.8, 4) is 5.75 Å². The summed E-state index contributed by atoms with van der Waals surface area (Å²) in [6.07, 6.45) is -0.346. The highest BCUT2D eigenvalue weighted by Gasteiger charge is 2.39. The monoisotopic (exact) mass is 474 g/mol. The van der Waals surface area contributed by atoms with E-state index in [9.17, 15) is 24.5 Å². The summed E-state index contributed by atoms with van der Waals surface area (Å²) < 4.78 is 5.53. The predicted octanol–water partition coefficient (Wildman–Crippen LogP) is 3.99. The van der Waals surface area contributed by atoms with Gasteiger partial charge in [-0.1, -0.05) is 30.3 Å². The smallest absolute Gasteiger partial charge is 0.270 e. The number of para-hydroxylation sites is 4. The van der Waals surface area contributed by atoms with E-state index in [1.54, 1.807) is 48.5 Å². The zero-order valence-corrected chi connectivity index (χ0v) is 18.8. The highest BCUT2D eigenvalue weighted by molar-refractivity contribution is 6.18. The Balaban J connectivity index is 1.66. The van der Waals surface area contributed by atoms with Crippen molar-refractivity contribution in [2.75, 3.05) is 22.1 Å². The number of carbonyl (C=O) groups excluding carboxylic acids is 3. The zero-order valence-electron chi connectivity index (χ0n) is 18.8. The second kappa shape index (κ2) is 10.0. The molecule has 0 aliphatic carbocycles. The van der Waals surface area contributed by atoms with Crippen LogP contribution < -0.4 is 20.3 Å². The molecule has 0 fully saturated rings. The average Bonchev–Trinajstić information content (AvgIpc) is 2.85. The summed E-state index contributed by atoms with van der Waals surface area (Å²) in [5, 5.41) is 16.7. The molecule has 1 heterocycles. The number of nitrogens with zero attached hydrogens (tertiary/aromatic N) is 2. The quantitative estimate of drug-likeness (QED) is 0.393. The lowest BCUT2D eigenvalue weighted by molar-refractivity contribution is -0.384. The lowest BCUT2D eigenvalue weighted by Gasteiger charge is -2.36. The SMILES string of the molecule is CCOc1ccccc1NC(=O)C[C@H]1C(=O)Nc2ccccc2N1C(=O)c1cccc([N+](=O)[O-])c1. The number of nitro groups is 1. The maximum atomic E-state index is 13.5. The molecule has 4 rings (SSSR count). The Morgan fingerprint density at radius 3 is 2.60 bits per heavy atom. The predicted molar refractivity (Wildman–Crippen MR) is 130 cm³/mol. The van der Waals surface area contributed by atoms with E-state index in [1.165, 1.54) is 23.1 Å². The minimum atomic E-state index is -1.18. The minimum absolute atomic E-state index is 0.0239. The van der Waals surface area contributed by atoms with Crippen LogP contribution in [0.3, 0.4) is 0 Å². The fraction of sp³-hybridized carbons (Fsp3) is 0.160. The van der Waals surface area contributed by atoms with Crippen LogP contribution in [-0.4, -0.2) is 35.3 Å². The highest BCUT2D eigenvalue weighted by atomic mass is 16.6. The van der Waals surface area contributed by atoms with E-state index < -0.39 is 28.7 Å². The number of anilines is 3. The standard InChI is InChI=1S/C25H22N4O6/c1-2-35-22-13-6-4-11-19(22)26-23(30)15-21-24(31)27-18-10-3-5-12-20(18)28(21)25(32)16-8-7-9-17(14-16)29(33)34/h3-14,21H,2,15H2,1H3,(H,26,30)(H,27,31)/t21-/m0/s1. The number of nitrogens with one attached hydrogen (secondary N) is 2. The molecule has 2 N–H and O–H groups in total. The van der Waals surface area contributed by atoms with E-state index in [-0.39, 0.29) is 17.7 Å². The first-order valence-corrected chi connectivity index (χ1v) is 10.9. The largest absolute Gasteiger partial charge is 0.492 e. The van der Waals surface area contributed by atoms with Crippen LogP contribution in [0.5, 0.6) is 5.75 Å². The third kappa shape index (κ3) is 4.96. The van der Waals surface area contributed by atoms with Crippen molar-refractivity contribution in [1.82, 2.24) is 0 Å². The van der Waals surface area contributed by atoms with Crippen molar-refractivity contribution in [1.29, 1.82) is 0 Å². The molecule has 0 spiro atoms. The van der Waals surface area contributed by atoms with Crippen molar-refractivity contribution in [3.63, 3.8) is 0 Å². The molecule has 3 aromatic carbocycles. The van der Waals surface area contributed by atoms with Crippen LogP contribution in [0.2, 0.25) is 0 Å². The average molecular weight is 474 g/mol. The molecule has 0 radical (unpaired) electrons. The second-order valence-electron chi connectivity index (χ2n) is 7.69. The summed E-state index contributed by atoms with van der Waals surface area (Å²) in [6.45, 7) is 2.22. The summed E-state index contributed by atoms with van der Waals surface area (Å²) in [4.78, 5) is 51.4. The summed E-state index contributed by atoms with van der Waals surface area (Å²) in [6, 6.07) is 17.6. The lowest BCUT2D eigenvalue weighted by atomic mass is 10.0. The molecule has 10 nitrogen and oxygen atoms in total. The van der Waals surface area contributed by atoms with Gasteiger partial charge in [-0.05, 0) is 37.3 Å². The first kappa shape index (κ1) is 23.4. The molecule has 0 bridgehead atoms. The molecule has 3 aromatic rings. The number of amides is 3. The Hall–Kier alpha value is -4.73. The maximum Gasteiger partial charge on any atom is 0.270 e. The Morgan fingerprint density at radius 2 is 1.83 bits per heavy atom.